The molecule has 66 valence electrons. The lowest BCUT2D eigenvalue weighted by atomic mass is 10.1. The first-order valence-corrected chi connectivity index (χ1v) is 4.30. The lowest BCUT2D eigenvalue weighted by molar-refractivity contribution is 0.0697. The number of benzene rings is 1. The van der Waals surface area contributed by atoms with Crippen LogP contribution in [0.25, 0.3) is 0 Å². The normalized spacial score (nSPS) is 8.69. The van der Waals surface area contributed by atoms with Gasteiger partial charge in [0, 0.05) is 5.56 Å². The van der Waals surface area contributed by atoms with Crippen LogP contribution in [-0.4, -0.2) is 16.8 Å². The fourth-order valence-corrected chi connectivity index (χ4v) is 0.917. The van der Waals surface area contributed by atoms with Crippen LogP contribution in [0.15, 0.2) is 24.3 Å². The second-order valence-electron chi connectivity index (χ2n) is 2.34. The number of hydrogen-bond donors (Lipinski definition) is 2. The molecule has 0 heterocycles. The Labute approximate surface area is 82.0 Å². The molecule has 0 spiro atoms. The maximum absolute atomic E-state index is 10.5. The van der Waals surface area contributed by atoms with E-state index in [4.69, 9.17) is 5.11 Å². The molecular weight excluding hydrogens is 184 g/mol. The van der Waals surface area contributed by atoms with Crippen LogP contribution in [0.2, 0.25) is 0 Å². The summed E-state index contributed by atoms with van der Waals surface area (Å²) in [5, 5.41) is 8.60. The zero-order valence-corrected chi connectivity index (χ0v) is 7.71. The van der Waals surface area contributed by atoms with Crippen LogP contribution >= 0.6 is 12.6 Å². The summed E-state index contributed by atoms with van der Waals surface area (Å²) in [6, 6.07) is 6.43. The Kier molecular flexibility index (Phi) is 3.41. The number of carbonyl (C=O) groups is 1. The zero-order chi connectivity index (χ0) is 9.68. The predicted octanol–water partition coefficient (Wildman–Crippen LogP) is 1.67. The van der Waals surface area contributed by atoms with Crippen molar-refractivity contribution in [1.29, 1.82) is 0 Å². The molecule has 0 aromatic heterocycles. The van der Waals surface area contributed by atoms with Gasteiger partial charge in [0.05, 0.1) is 11.3 Å². The van der Waals surface area contributed by atoms with Crippen molar-refractivity contribution in [3.63, 3.8) is 0 Å². The minimum Gasteiger partial charge on any atom is -0.478 e. The van der Waals surface area contributed by atoms with Crippen molar-refractivity contribution < 1.29 is 9.90 Å². The topological polar surface area (TPSA) is 37.3 Å². The number of thiol groups is 1. The summed E-state index contributed by atoms with van der Waals surface area (Å²) in [6.07, 6.45) is 0. The van der Waals surface area contributed by atoms with Gasteiger partial charge in [0.25, 0.3) is 0 Å². The van der Waals surface area contributed by atoms with Crippen molar-refractivity contribution >= 4 is 18.6 Å². The Hall–Kier alpha value is -1.40. The van der Waals surface area contributed by atoms with Crippen molar-refractivity contribution in [2.24, 2.45) is 0 Å². The average Bonchev–Trinajstić information content (AvgIpc) is 2.15. The van der Waals surface area contributed by atoms with E-state index in [1.54, 1.807) is 12.1 Å². The summed E-state index contributed by atoms with van der Waals surface area (Å²) in [6.45, 7) is 0. The Morgan fingerprint density at radius 3 is 2.46 bits per heavy atom. The van der Waals surface area contributed by atoms with Crippen molar-refractivity contribution in [2.75, 3.05) is 5.75 Å². The fraction of sp³-hybridized carbons (Fsp3) is 0.100. The van der Waals surface area contributed by atoms with Crippen LogP contribution < -0.4 is 0 Å². The molecule has 0 amide bonds. The Morgan fingerprint density at radius 1 is 1.38 bits per heavy atom. The molecule has 0 radical (unpaired) electrons. The predicted molar refractivity (Wildman–Crippen MR) is 54.1 cm³/mol. The lowest BCUT2D eigenvalue weighted by Gasteiger charge is -1.93. The minimum atomic E-state index is -0.922. The van der Waals surface area contributed by atoms with E-state index in [1.807, 2.05) is 0 Å². The maximum Gasteiger partial charge on any atom is 0.335 e. The van der Waals surface area contributed by atoms with Gasteiger partial charge in [0.1, 0.15) is 0 Å². The Balaban J connectivity index is 2.87. The number of rotatable bonds is 1. The SMILES string of the molecule is O=C(O)c1ccc(C#CCS)cc1. The van der Waals surface area contributed by atoms with Gasteiger partial charge in [-0.3, -0.25) is 0 Å². The third kappa shape index (κ3) is 2.85. The second kappa shape index (κ2) is 4.58. The first-order chi connectivity index (χ1) is 6.24. The van der Waals surface area contributed by atoms with Crippen LogP contribution in [0.5, 0.6) is 0 Å². The van der Waals surface area contributed by atoms with E-state index >= 15 is 0 Å². The number of carboxylic acid groups (broad SMARTS) is 1. The van der Waals surface area contributed by atoms with Gasteiger partial charge in [-0.1, -0.05) is 11.8 Å². The maximum atomic E-state index is 10.5. The number of carboxylic acids is 1. The molecule has 1 N–H and O–H groups in total. The molecule has 1 aromatic rings. The Bertz CT molecular complexity index is 357. The summed E-state index contributed by atoms with van der Waals surface area (Å²) in [5.41, 5.74) is 1.08. The van der Waals surface area contributed by atoms with Gasteiger partial charge in [0.2, 0.25) is 0 Å². The molecule has 0 aliphatic carbocycles. The van der Waals surface area contributed by atoms with E-state index in [9.17, 15) is 4.79 Å². The third-order valence-electron chi connectivity index (χ3n) is 1.44. The van der Waals surface area contributed by atoms with Crippen molar-refractivity contribution in [1.82, 2.24) is 0 Å². The van der Waals surface area contributed by atoms with Gasteiger partial charge in [0.15, 0.2) is 0 Å². The van der Waals surface area contributed by atoms with Crippen LogP contribution in [0.3, 0.4) is 0 Å². The molecule has 0 aliphatic heterocycles. The third-order valence-corrected chi connectivity index (χ3v) is 1.60. The van der Waals surface area contributed by atoms with Gasteiger partial charge >= 0.3 is 5.97 Å². The minimum absolute atomic E-state index is 0.274. The van der Waals surface area contributed by atoms with Crippen LogP contribution in [0.1, 0.15) is 15.9 Å². The summed E-state index contributed by atoms with van der Waals surface area (Å²) in [4.78, 5) is 10.5. The first-order valence-electron chi connectivity index (χ1n) is 3.67. The molecule has 0 aliphatic rings. The van der Waals surface area contributed by atoms with E-state index in [0.717, 1.165) is 5.56 Å². The zero-order valence-electron chi connectivity index (χ0n) is 6.82. The molecule has 13 heavy (non-hydrogen) atoms. The molecule has 1 rings (SSSR count). The molecule has 0 fully saturated rings. The molecule has 0 atom stereocenters. The van der Waals surface area contributed by atoms with E-state index in [2.05, 4.69) is 24.5 Å². The largest absolute Gasteiger partial charge is 0.478 e. The molecule has 0 bridgehead atoms. The van der Waals surface area contributed by atoms with Gasteiger partial charge in [-0.05, 0) is 24.3 Å². The molecule has 0 unspecified atom stereocenters. The quantitative estimate of drug-likeness (QED) is 0.524. The van der Waals surface area contributed by atoms with Crippen LogP contribution in [0.4, 0.5) is 0 Å². The van der Waals surface area contributed by atoms with E-state index in [1.165, 1.54) is 12.1 Å². The monoisotopic (exact) mass is 192 g/mol. The first kappa shape index (κ1) is 9.69. The number of hydrogen-bond acceptors (Lipinski definition) is 2. The van der Waals surface area contributed by atoms with Gasteiger partial charge < -0.3 is 5.11 Å². The molecule has 2 nitrogen and oxygen atoms in total. The lowest BCUT2D eigenvalue weighted by Crippen LogP contribution is -1.94. The van der Waals surface area contributed by atoms with Crippen molar-refractivity contribution in [2.45, 2.75) is 0 Å². The van der Waals surface area contributed by atoms with Crippen LogP contribution in [-0.2, 0) is 0 Å². The van der Waals surface area contributed by atoms with Crippen molar-refractivity contribution in [3.8, 4) is 11.8 Å². The van der Waals surface area contributed by atoms with Gasteiger partial charge in [-0.15, -0.1) is 0 Å². The Morgan fingerprint density at radius 2 is 2.00 bits per heavy atom. The summed E-state index contributed by atoms with van der Waals surface area (Å²) >= 11 is 3.94. The molecule has 0 saturated carbocycles. The summed E-state index contributed by atoms with van der Waals surface area (Å²) < 4.78 is 0. The van der Waals surface area contributed by atoms with E-state index < -0.39 is 5.97 Å². The highest BCUT2D eigenvalue weighted by molar-refractivity contribution is 7.80. The summed E-state index contributed by atoms with van der Waals surface area (Å²) in [7, 11) is 0. The smallest absolute Gasteiger partial charge is 0.335 e. The standard InChI is InChI=1S/C10H8O2S/c11-10(12)9-5-3-8(4-6-9)2-1-7-13/h3-6,13H,7H2,(H,11,12). The van der Waals surface area contributed by atoms with Crippen molar-refractivity contribution in [3.05, 3.63) is 35.4 Å². The molecule has 1 aromatic carbocycles. The highest BCUT2D eigenvalue weighted by Gasteiger charge is 1.99. The van der Waals surface area contributed by atoms with Gasteiger partial charge in [-0.2, -0.15) is 12.6 Å². The van der Waals surface area contributed by atoms with E-state index in [-0.39, 0.29) is 5.56 Å². The highest BCUT2D eigenvalue weighted by Crippen LogP contribution is 2.02. The number of aromatic carboxylic acids is 1. The fourth-order valence-electron chi connectivity index (χ4n) is 0.838. The molecule has 0 saturated heterocycles. The second-order valence-corrected chi connectivity index (χ2v) is 2.66. The van der Waals surface area contributed by atoms with E-state index in [0.29, 0.717) is 5.75 Å². The molecule has 3 heteroatoms. The highest BCUT2D eigenvalue weighted by atomic mass is 32.1. The molecular formula is C10H8O2S. The van der Waals surface area contributed by atoms with Crippen LogP contribution in [0, 0.1) is 11.8 Å². The summed E-state index contributed by atoms with van der Waals surface area (Å²) in [5.74, 6) is 5.20. The average molecular weight is 192 g/mol. The van der Waals surface area contributed by atoms with Gasteiger partial charge in [-0.25, -0.2) is 4.79 Å².